The van der Waals surface area contributed by atoms with E-state index in [4.69, 9.17) is 4.42 Å². The number of carbonyl (C=O) groups is 1. The number of aromatic nitrogens is 1. The van der Waals surface area contributed by atoms with Crippen LogP contribution in [-0.2, 0) is 11.3 Å². The summed E-state index contributed by atoms with van der Waals surface area (Å²) in [6.07, 6.45) is 0. The molecule has 0 fully saturated rings. The Morgan fingerprint density at radius 1 is 1.42 bits per heavy atom. The molecule has 2 rings (SSSR count). The quantitative estimate of drug-likeness (QED) is 0.896. The van der Waals surface area contributed by atoms with Gasteiger partial charge in [-0.05, 0) is 32.5 Å². The number of nitrogens with zero attached hydrogens (tertiary/aromatic N) is 2. The Hall–Kier alpha value is -1.88. The fraction of sp³-hybridized carbons (Fsp3) is 0.429. The standard InChI is InChI=1S/C14H18N2O3/c1-4-16(14(2,3)13(17)18)9-12-15-10-7-5-6-8-11(10)19-12/h5-8H,4,9H2,1-3H3,(H,17,18). The number of benzene rings is 1. The van der Waals surface area contributed by atoms with E-state index in [1.54, 1.807) is 13.8 Å². The number of hydrogen-bond donors (Lipinski definition) is 1. The first kappa shape index (κ1) is 13.5. The predicted molar refractivity (Wildman–Crippen MR) is 71.8 cm³/mol. The molecule has 0 saturated heterocycles. The molecule has 0 unspecified atom stereocenters. The summed E-state index contributed by atoms with van der Waals surface area (Å²) in [6.45, 7) is 6.28. The zero-order valence-electron chi connectivity index (χ0n) is 11.4. The average Bonchev–Trinajstić information content (AvgIpc) is 2.77. The van der Waals surface area contributed by atoms with Crippen LogP contribution in [0.3, 0.4) is 0 Å². The maximum Gasteiger partial charge on any atom is 0.323 e. The topological polar surface area (TPSA) is 66.6 Å². The third-order valence-electron chi connectivity index (χ3n) is 3.36. The van der Waals surface area contributed by atoms with Gasteiger partial charge in [-0.15, -0.1) is 0 Å². The highest BCUT2D eigenvalue weighted by atomic mass is 16.4. The molecule has 102 valence electrons. The fourth-order valence-electron chi connectivity index (χ4n) is 1.99. The molecule has 0 amide bonds. The summed E-state index contributed by atoms with van der Waals surface area (Å²) in [7, 11) is 0. The second-order valence-corrected chi connectivity index (χ2v) is 4.95. The molecule has 2 aromatic rings. The van der Waals surface area contributed by atoms with Gasteiger partial charge in [0.15, 0.2) is 5.58 Å². The molecule has 0 aliphatic rings. The Balaban J connectivity index is 2.25. The number of carboxylic acids is 1. The minimum absolute atomic E-state index is 0.379. The zero-order valence-corrected chi connectivity index (χ0v) is 11.4. The smallest absolute Gasteiger partial charge is 0.323 e. The number of para-hydroxylation sites is 2. The normalized spacial score (nSPS) is 12.2. The van der Waals surface area contributed by atoms with Gasteiger partial charge in [0.2, 0.25) is 5.89 Å². The number of likely N-dealkylation sites (N-methyl/N-ethyl adjacent to an activating group) is 1. The molecule has 1 aromatic carbocycles. The first-order chi connectivity index (χ1) is 8.95. The average molecular weight is 262 g/mol. The Labute approximate surface area is 111 Å². The van der Waals surface area contributed by atoms with Gasteiger partial charge in [-0.25, -0.2) is 4.98 Å². The van der Waals surface area contributed by atoms with E-state index < -0.39 is 11.5 Å². The first-order valence-corrected chi connectivity index (χ1v) is 6.28. The van der Waals surface area contributed by atoms with Crippen LogP contribution in [0.4, 0.5) is 0 Å². The fourth-order valence-corrected chi connectivity index (χ4v) is 1.99. The Morgan fingerprint density at radius 3 is 2.68 bits per heavy atom. The highest BCUT2D eigenvalue weighted by Crippen LogP contribution is 2.20. The third kappa shape index (κ3) is 2.61. The predicted octanol–water partition coefficient (Wildman–Crippen LogP) is 2.51. The SMILES string of the molecule is CCN(Cc1nc2ccccc2o1)C(C)(C)C(=O)O. The van der Waals surface area contributed by atoms with Crippen LogP contribution in [-0.4, -0.2) is 33.0 Å². The molecule has 1 heterocycles. The van der Waals surface area contributed by atoms with E-state index in [0.29, 0.717) is 19.0 Å². The van der Waals surface area contributed by atoms with E-state index in [-0.39, 0.29) is 0 Å². The number of hydrogen-bond acceptors (Lipinski definition) is 4. The van der Waals surface area contributed by atoms with Crippen LogP contribution in [0.1, 0.15) is 26.7 Å². The van der Waals surface area contributed by atoms with E-state index in [2.05, 4.69) is 4.98 Å². The summed E-state index contributed by atoms with van der Waals surface area (Å²) in [5, 5.41) is 9.27. The molecule has 1 aromatic heterocycles. The van der Waals surface area contributed by atoms with Gasteiger partial charge in [0, 0.05) is 0 Å². The summed E-state index contributed by atoms with van der Waals surface area (Å²) < 4.78 is 5.63. The van der Waals surface area contributed by atoms with Crippen LogP contribution in [0, 0.1) is 0 Å². The van der Waals surface area contributed by atoms with Crippen molar-refractivity contribution in [2.45, 2.75) is 32.9 Å². The summed E-state index contributed by atoms with van der Waals surface area (Å²) in [5.74, 6) is -0.317. The van der Waals surface area contributed by atoms with Crippen LogP contribution < -0.4 is 0 Å². The minimum atomic E-state index is -0.949. The van der Waals surface area contributed by atoms with Crippen molar-refractivity contribution in [3.8, 4) is 0 Å². The molecule has 0 radical (unpaired) electrons. The molecule has 1 N–H and O–H groups in total. The lowest BCUT2D eigenvalue weighted by molar-refractivity contribution is -0.149. The van der Waals surface area contributed by atoms with Crippen LogP contribution in [0.25, 0.3) is 11.1 Å². The number of carboxylic acid groups (broad SMARTS) is 1. The maximum atomic E-state index is 11.3. The second-order valence-electron chi connectivity index (χ2n) is 4.95. The van der Waals surface area contributed by atoms with Gasteiger partial charge >= 0.3 is 5.97 Å². The Bertz CT molecular complexity index is 556. The maximum absolute atomic E-state index is 11.3. The number of fused-ring (bicyclic) bond motifs is 1. The van der Waals surface area contributed by atoms with Gasteiger partial charge in [-0.3, -0.25) is 9.69 Å². The molecule has 0 aliphatic heterocycles. The monoisotopic (exact) mass is 262 g/mol. The molecule has 0 aliphatic carbocycles. The van der Waals surface area contributed by atoms with Crippen molar-refractivity contribution in [1.82, 2.24) is 9.88 Å². The van der Waals surface area contributed by atoms with Gasteiger partial charge in [-0.2, -0.15) is 0 Å². The van der Waals surface area contributed by atoms with Crippen molar-refractivity contribution in [2.24, 2.45) is 0 Å². The third-order valence-corrected chi connectivity index (χ3v) is 3.36. The molecule has 5 heteroatoms. The lowest BCUT2D eigenvalue weighted by Crippen LogP contribution is -2.49. The van der Waals surface area contributed by atoms with E-state index in [0.717, 1.165) is 11.1 Å². The van der Waals surface area contributed by atoms with Crippen LogP contribution >= 0.6 is 0 Å². The first-order valence-electron chi connectivity index (χ1n) is 6.28. The zero-order chi connectivity index (χ0) is 14.0. The van der Waals surface area contributed by atoms with Gasteiger partial charge in [-0.1, -0.05) is 19.1 Å². The molecule has 5 nitrogen and oxygen atoms in total. The minimum Gasteiger partial charge on any atom is -0.480 e. The highest BCUT2D eigenvalue weighted by molar-refractivity contribution is 5.77. The number of aliphatic carboxylic acids is 1. The van der Waals surface area contributed by atoms with Crippen LogP contribution in [0.2, 0.25) is 0 Å². The molecule has 19 heavy (non-hydrogen) atoms. The van der Waals surface area contributed by atoms with Crippen LogP contribution in [0.15, 0.2) is 28.7 Å². The molecule has 0 spiro atoms. The van der Waals surface area contributed by atoms with Gasteiger partial charge in [0.1, 0.15) is 11.1 Å². The largest absolute Gasteiger partial charge is 0.480 e. The van der Waals surface area contributed by atoms with Crippen molar-refractivity contribution < 1.29 is 14.3 Å². The number of rotatable bonds is 5. The van der Waals surface area contributed by atoms with Crippen molar-refractivity contribution in [3.63, 3.8) is 0 Å². The second kappa shape index (κ2) is 5.01. The van der Waals surface area contributed by atoms with Crippen molar-refractivity contribution >= 4 is 17.1 Å². The van der Waals surface area contributed by atoms with Crippen molar-refractivity contribution in [2.75, 3.05) is 6.54 Å². The summed E-state index contributed by atoms with van der Waals surface area (Å²) >= 11 is 0. The van der Waals surface area contributed by atoms with Crippen molar-refractivity contribution in [3.05, 3.63) is 30.2 Å². The van der Waals surface area contributed by atoms with Gasteiger partial charge in [0.25, 0.3) is 0 Å². The van der Waals surface area contributed by atoms with E-state index in [1.807, 2.05) is 36.1 Å². The van der Waals surface area contributed by atoms with Crippen LogP contribution in [0.5, 0.6) is 0 Å². The molecule has 0 saturated carbocycles. The molecular weight excluding hydrogens is 244 g/mol. The highest BCUT2D eigenvalue weighted by Gasteiger charge is 2.34. The van der Waals surface area contributed by atoms with Gasteiger partial charge in [0.05, 0.1) is 6.54 Å². The van der Waals surface area contributed by atoms with Gasteiger partial charge < -0.3 is 9.52 Å². The van der Waals surface area contributed by atoms with Crippen molar-refractivity contribution in [1.29, 1.82) is 0 Å². The summed E-state index contributed by atoms with van der Waals surface area (Å²) in [6, 6.07) is 7.51. The number of oxazole rings is 1. The molecule has 0 atom stereocenters. The summed E-state index contributed by atoms with van der Waals surface area (Å²) in [4.78, 5) is 17.5. The Morgan fingerprint density at radius 2 is 2.11 bits per heavy atom. The van der Waals surface area contributed by atoms with E-state index in [9.17, 15) is 9.90 Å². The molecular formula is C14H18N2O3. The van der Waals surface area contributed by atoms with E-state index >= 15 is 0 Å². The van der Waals surface area contributed by atoms with E-state index in [1.165, 1.54) is 0 Å². The lowest BCUT2D eigenvalue weighted by atomic mass is 10.0. The molecule has 0 bridgehead atoms. The lowest BCUT2D eigenvalue weighted by Gasteiger charge is -2.32. The Kier molecular flexibility index (Phi) is 3.57. The summed E-state index contributed by atoms with van der Waals surface area (Å²) in [5.41, 5.74) is 0.568.